The van der Waals surface area contributed by atoms with Crippen molar-refractivity contribution in [3.8, 4) is 17.2 Å². The predicted molar refractivity (Wildman–Crippen MR) is 170 cm³/mol. The molecule has 0 radical (unpaired) electrons. The number of rotatable bonds is 14. The van der Waals surface area contributed by atoms with Gasteiger partial charge in [0.05, 0.1) is 20.8 Å². The number of carbonyl (C=O) groups is 2. The van der Waals surface area contributed by atoms with E-state index in [9.17, 15) is 9.59 Å². The molecule has 1 aliphatic rings. The van der Waals surface area contributed by atoms with Crippen molar-refractivity contribution in [3.05, 3.63) is 89.5 Å². The van der Waals surface area contributed by atoms with Crippen molar-refractivity contribution in [3.63, 3.8) is 0 Å². The highest BCUT2D eigenvalue weighted by molar-refractivity contribution is 6.01. The van der Waals surface area contributed by atoms with Crippen LogP contribution in [0.5, 0.6) is 17.2 Å². The van der Waals surface area contributed by atoms with Crippen LogP contribution in [0.15, 0.2) is 77.8 Å². The highest BCUT2D eigenvalue weighted by Gasteiger charge is 2.53. The zero-order valence-corrected chi connectivity index (χ0v) is 26.5. The zero-order valence-electron chi connectivity index (χ0n) is 26.5. The number of ether oxygens (including phenoxy) is 5. The van der Waals surface area contributed by atoms with Crippen LogP contribution in [0, 0.1) is 0 Å². The number of benzene rings is 3. The molecule has 0 fully saturated rings. The first-order valence-electron chi connectivity index (χ1n) is 15.0. The number of nitrogens with one attached hydrogen (secondary N) is 1. The molecule has 1 aliphatic heterocycles. The molecule has 1 amide bonds. The summed E-state index contributed by atoms with van der Waals surface area (Å²) >= 11 is 0. The normalized spacial score (nSPS) is 17.6. The molecule has 0 unspecified atom stereocenters. The van der Waals surface area contributed by atoms with Gasteiger partial charge < -0.3 is 34.1 Å². The molecular weight excluding hydrogens is 576 g/mol. The van der Waals surface area contributed by atoms with E-state index in [4.69, 9.17) is 33.8 Å². The number of methoxy groups -OCH3 is 2. The van der Waals surface area contributed by atoms with E-state index in [1.807, 2.05) is 42.5 Å². The number of nitrogens with zero attached hydrogens (tertiary/aromatic N) is 1. The molecular formula is C35H42N2O8. The maximum Gasteiger partial charge on any atom is 0.306 e. The third kappa shape index (κ3) is 8.33. The van der Waals surface area contributed by atoms with Crippen LogP contribution >= 0.6 is 0 Å². The third-order valence-corrected chi connectivity index (χ3v) is 7.19. The minimum atomic E-state index is -1.50. The van der Waals surface area contributed by atoms with Crippen molar-refractivity contribution in [2.24, 2.45) is 4.99 Å². The lowest BCUT2D eigenvalue weighted by atomic mass is 9.83. The van der Waals surface area contributed by atoms with E-state index in [0.717, 1.165) is 5.56 Å². The minimum absolute atomic E-state index is 0.0361. The summed E-state index contributed by atoms with van der Waals surface area (Å²) in [6.07, 6.45) is -0.334. The maximum absolute atomic E-state index is 14.4. The summed E-state index contributed by atoms with van der Waals surface area (Å²) < 4.78 is 28.8. The summed E-state index contributed by atoms with van der Waals surface area (Å²) in [4.78, 5) is 32.3. The molecule has 0 spiro atoms. The number of hydrogen-bond donors (Lipinski definition) is 2. The van der Waals surface area contributed by atoms with E-state index < -0.39 is 29.1 Å². The number of hydrogen-bond acceptors (Lipinski definition) is 9. The largest absolute Gasteiger partial charge is 0.494 e. The minimum Gasteiger partial charge on any atom is -0.494 e. The van der Waals surface area contributed by atoms with Gasteiger partial charge in [0.1, 0.15) is 11.4 Å². The van der Waals surface area contributed by atoms with E-state index in [1.54, 1.807) is 65.3 Å². The van der Waals surface area contributed by atoms with Crippen molar-refractivity contribution in [2.45, 2.75) is 63.8 Å². The Balaban J connectivity index is 1.72. The molecule has 240 valence electrons. The molecule has 0 saturated heterocycles. The second kappa shape index (κ2) is 14.9. The van der Waals surface area contributed by atoms with Crippen LogP contribution in [0.25, 0.3) is 0 Å². The summed E-state index contributed by atoms with van der Waals surface area (Å²) in [5, 5.41) is 12.1. The summed E-state index contributed by atoms with van der Waals surface area (Å²) in [5.41, 5.74) is -0.0970. The Labute approximate surface area is 264 Å². The number of esters is 1. The monoisotopic (exact) mass is 618 g/mol. The van der Waals surface area contributed by atoms with Gasteiger partial charge in [-0.2, -0.15) is 0 Å². The molecule has 10 nitrogen and oxygen atoms in total. The number of para-hydroxylation sites is 1. The fourth-order valence-electron chi connectivity index (χ4n) is 5.10. The van der Waals surface area contributed by atoms with Crippen LogP contribution in [0.3, 0.4) is 0 Å². The van der Waals surface area contributed by atoms with Crippen LogP contribution in [0.1, 0.15) is 62.8 Å². The van der Waals surface area contributed by atoms with Gasteiger partial charge in [0.15, 0.2) is 23.1 Å². The highest BCUT2D eigenvalue weighted by Crippen LogP contribution is 2.43. The molecule has 2 N–H and O–H groups in total. The van der Waals surface area contributed by atoms with Crippen LogP contribution in [-0.2, 0) is 25.6 Å². The fraction of sp³-hybridized carbons (Fsp3) is 0.400. The average Bonchev–Trinajstić information content (AvgIpc) is 3.43. The van der Waals surface area contributed by atoms with E-state index in [0.29, 0.717) is 41.4 Å². The SMILES string of the molecule is COc1cccc(CNC(=O)[C@]2(CCC(=O)OC(C)(C)C)N=C(c3ccc(OCCCO)cc3)O[C@@H]2c2ccccc2)c1OC. The third-order valence-electron chi connectivity index (χ3n) is 7.19. The Bertz CT molecular complexity index is 1470. The topological polar surface area (TPSA) is 125 Å². The van der Waals surface area contributed by atoms with Gasteiger partial charge in [-0.15, -0.1) is 0 Å². The van der Waals surface area contributed by atoms with E-state index in [2.05, 4.69) is 5.32 Å². The molecule has 0 bridgehead atoms. The standard InChI is InChI=1S/C35H42N2O8/c1-34(2,3)45-29(39)19-20-35(33(40)36-23-26-13-9-14-28(41-4)30(26)42-5)31(24-11-7-6-8-12-24)44-32(37-35)25-15-17-27(18-16-25)43-22-10-21-38/h6-9,11-18,31,38H,10,19-23H2,1-5H3,(H,36,40)/t31-,35-/m1/s1. The van der Waals surface area contributed by atoms with Crippen molar-refractivity contribution in [1.82, 2.24) is 5.32 Å². The number of amides is 1. The number of aliphatic hydroxyl groups excluding tert-OH is 1. The summed E-state index contributed by atoms with van der Waals surface area (Å²) in [6, 6.07) is 22.0. The smallest absolute Gasteiger partial charge is 0.306 e. The Hall–Kier alpha value is -4.57. The highest BCUT2D eigenvalue weighted by atomic mass is 16.6. The molecule has 1 heterocycles. The molecule has 2 atom stereocenters. The molecule has 0 aromatic heterocycles. The van der Waals surface area contributed by atoms with Gasteiger partial charge >= 0.3 is 5.97 Å². The van der Waals surface area contributed by atoms with Crippen molar-refractivity contribution in [1.29, 1.82) is 0 Å². The first-order chi connectivity index (χ1) is 21.6. The van der Waals surface area contributed by atoms with Crippen LogP contribution in [-0.4, -0.2) is 61.5 Å². The molecule has 3 aromatic rings. The van der Waals surface area contributed by atoms with Gasteiger partial charge in [0.25, 0.3) is 5.91 Å². The Kier molecular flexibility index (Phi) is 11.1. The lowest BCUT2D eigenvalue weighted by molar-refractivity contribution is -0.155. The summed E-state index contributed by atoms with van der Waals surface area (Å²) in [6.45, 7) is 5.95. The number of aliphatic hydroxyl groups is 1. The number of aliphatic imine (C=N–C) groups is 1. The lowest BCUT2D eigenvalue weighted by Crippen LogP contribution is -2.48. The lowest BCUT2D eigenvalue weighted by Gasteiger charge is -2.31. The van der Waals surface area contributed by atoms with Gasteiger partial charge in [0, 0.05) is 37.1 Å². The fourth-order valence-corrected chi connectivity index (χ4v) is 5.10. The molecule has 0 saturated carbocycles. The van der Waals surface area contributed by atoms with Gasteiger partial charge in [-0.1, -0.05) is 42.5 Å². The molecule has 4 rings (SSSR count). The second-order valence-electron chi connectivity index (χ2n) is 11.6. The van der Waals surface area contributed by atoms with Gasteiger partial charge in [-0.05, 0) is 63.1 Å². The molecule has 45 heavy (non-hydrogen) atoms. The molecule has 3 aromatic carbocycles. The first kappa shape index (κ1) is 33.3. The van der Waals surface area contributed by atoms with Gasteiger partial charge in [0.2, 0.25) is 5.90 Å². The average molecular weight is 619 g/mol. The van der Waals surface area contributed by atoms with Crippen molar-refractivity contribution >= 4 is 17.8 Å². The molecule has 0 aliphatic carbocycles. The van der Waals surface area contributed by atoms with Crippen molar-refractivity contribution < 1.29 is 38.4 Å². The van der Waals surface area contributed by atoms with Gasteiger partial charge in [-0.3, -0.25) is 9.59 Å². The Morgan fingerprint density at radius 1 is 0.978 bits per heavy atom. The van der Waals surface area contributed by atoms with E-state index in [1.165, 1.54) is 0 Å². The summed E-state index contributed by atoms with van der Waals surface area (Å²) in [7, 11) is 3.09. The van der Waals surface area contributed by atoms with Crippen LogP contribution in [0.4, 0.5) is 0 Å². The maximum atomic E-state index is 14.4. The predicted octanol–water partition coefficient (Wildman–Crippen LogP) is 5.16. The Morgan fingerprint density at radius 2 is 1.71 bits per heavy atom. The first-order valence-corrected chi connectivity index (χ1v) is 15.0. The van der Waals surface area contributed by atoms with E-state index >= 15 is 0 Å². The second-order valence-corrected chi connectivity index (χ2v) is 11.6. The van der Waals surface area contributed by atoms with Crippen molar-refractivity contribution in [2.75, 3.05) is 27.4 Å². The zero-order chi connectivity index (χ0) is 32.5. The quantitative estimate of drug-likeness (QED) is 0.188. The Morgan fingerprint density at radius 3 is 2.36 bits per heavy atom. The van der Waals surface area contributed by atoms with Gasteiger partial charge in [-0.25, -0.2) is 4.99 Å². The van der Waals surface area contributed by atoms with Crippen LogP contribution < -0.4 is 19.5 Å². The van der Waals surface area contributed by atoms with Crippen LogP contribution in [0.2, 0.25) is 0 Å². The van der Waals surface area contributed by atoms with E-state index in [-0.39, 0.29) is 31.9 Å². The molecule has 10 heteroatoms. The number of carbonyl (C=O) groups excluding carboxylic acids is 2. The summed E-state index contributed by atoms with van der Waals surface area (Å²) in [5.74, 6) is 1.10.